The molecule has 1 amide bonds. The Hall–Kier alpha value is -1.58. The monoisotopic (exact) mass is 320 g/mol. The third kappa shape index (κ3) is 4.46. The van der Waals surface area contributed by atoms with Gasteiger partial charge in [-0.1, -0.05) is 44.2 Å². The number of fused-ring (bicyclic) bond motifs is 1. The molecule has 2 rings (SSSR count). The largest absolute Gasteiger partial charge is 0.346 e. The van der Waals surface area contributed by atoms with Gasteiger partial charge in [0.05, 0.1) is 0 Å². The van der Waals surface area contributed by atoms with Crippen LogP contribution in [0.15, 0.2) is 42.5 Å². The number of hydrogen-bond acceptors (Lipinski definition) is 2. The van der Waals surface area contributed by atoms with Crippen molar-refractivity contribution in [2.24, 2.45) is 11.7 Å². The van der Waals surface area contributed by atoms with Gasteiger partial charge in [-0.3, -0.25) is 4.79 Å². The van der Waals surface area contributed by atoms with Crippen molar-refractivity contribution in [3.05, 3.63) is 48.0 Å². The summed E-state index contributed by atoms with van der Waals surface area (Å²) in [6.45, 7) is 6.71. The molecule has 1 atom stereocenters. The van der Waals surface area contributed by atoms with Crippen molar-refractivity contribution in [2.45, 2.75) is 32.7 Å². The zero-order chi connectivity index (χ0) is 15.5. The minimum atomic E-state index is -0.364. The molecule has 1 unspecified atom stereocenters. The van der Waals surface area contributed by atoms with Crippen molar-refractivity contribution in [2.75, 3.05) is 6.54 Å². The van der Waals surface area contributed by atoms with Gasteiger partial charge < -0.3 is 11.1 Å². The van der Waals surface area contributed by atoms with E-state index in [1.807, 2.05) is 49.4 Å². The molecule has 0 aliphatic heterocycles. The summed E-state index contributed by atoms with van der Waals surface area (Å²) in [4.78, 5) is 12.5. The summed E-state index contributed by atoms with van der Waals surface area (Å²) < 4.78 is 0. The smallest absolute Gasteiger partial charge is 0.251 e. The first-order valence-corrected chi connectivity index (χ1v) is 7.45. The van der Waals surface area contributed by atoms with Crippen LogP contribution in [0.1, 0.15) is 37.6 Å². The Morgan fingerprint density at radius 1 is 1.18 bits per heavy atom. The fourth-order valence-corrected chi connectivity index (χ4v) is 2.76. The molecule has 3 nitrogen and oxygen atoms in total. The number of benzene rings is 2. The number of rotatable bonds is 5. The third-order valence-electron chi connectivity index (χ3n) is 3.74. The Morgan fingerprint density at radius 3 is 2.41 bits per heavy atom. The summed E-state index contributed by atoms with van der Waals surface area (Å²) in [5, 5.41) is 5.30. The van der Waals surface area contributed by atoms with Crippen molar-refractivity contribution in [1.82, 2.24) is 5.32 Å². The van der Waals surface area contributed by atoms with Gasteiger partial charge >= 0.3 is 0 Å². The molecule has 0 aliphatic carbocycles. The lowest BCUT2D eigenvalue weighted by Crippen LogP contribution is -2.52. The van der Waals surface area contributed by atoms with Crippen molar-refractivity contribution in [3.8, 4) is 0 Å². The van der Waals surface area contributed by atoms with Gasteiger partial charge in [0.2, 0.25) is 0 Å². The van der Waals surface area contributed by atoms with Crippen LogP contribution in [0.3, 0.4) is 0 Å². The van der Waals surface area contributed by atoms with Crippen molar-refractivity contribution < 1.29 is 4.79 Å². The molecule has 0 radical (unpaired) electrons. The number of carbonyl (C=O) groups is 1. The third-order valence-corrected chi connectivity index (χ3v) is 3.74. The van der Waals surface area contributed by atoms with Gasteiger partial charge in [0.15, 0.2) is 0 Å². The molecule has 0 saturated heterocycles. The van der Waals surface area contributed by atoms with E-state index in [-0.39, 0.29) is 23.9 Å². The minimum Gasteiger partial charge on any atom is -0.346 e. The van der Waals surface area contributed by atoms with Crippen LogP contribution in [0.4, 0.5) is 0 Å². The summed E-state index contributed by atoms with van der Waals surface area (Å²) in [5.74, 6) is 0.421. The molecule has 0 aliphatic rings. The lowest BCUT2D eigenvalue weighted by atomic mass is 9.90. The van der Waals surface area contributed by atoms with E-state index in [1.54, 1.807) is 0 Å². The highest BCUT2D eigenvalue weighted by Gasteiger charge is 2.26. The summed E-state index contributed by atoms with van der Waals surface area (Å²) in [6.07, 6.45) is 0.864. The molecule has 22 heavy (non-hydrogen) atoms. The Morgan fingerprint density at radius 2 is 1.82 bits per heavy atom. The summed E-state index contributed by atoms with van der Waals surface area (Å²) in [5.41, 5.74) is 6.17. The SMILES string of the molecule is CC(C)CC(C)(CN)NC(=O)c1ccc2ccccc2c1.Cl. The fourth-order valence-electron chi connectivity index (χ4n) is 2.76. The highest BCUT2D eigenvalue weighted by Crippen LogP contribution is 2.19. The van der Waals surface area contributed by atoms with Crippen molar-refractivity contribution >= 4 is 29.1 Å². The van der Waals surface area contributed by atoms with Crippen LogP contribution in [-0.2, 0) is 0 Å². The lowest BCUT2D eigenvalue weighted by Gasteiger charge is -2.31. The average Bonchev–Trinajstić information content (AvgIpc) is 2.45. The molecule has 0 saturated carbocycles. The van der Waals surface area contributed by atoms with E-state index in [0.29, 0.717) is 18.0 Å². The Labute approximate surface area is 138 Å². The summed E-state index contributed by atoms with van der Waals surface area (Å²) in [6, 6.07) is 13.8. The molecule has 2 aromatic rings. The predicted molar refractivity (Wildman–Crippen MR) is 95.6 cm³/mol. The maximum absolute atomic E-state index is 12.5. The van der Waals surface area contributed by atoms with Crippen LogP contribution < -0.4 is 11.1 Å². The van der Waals surface area contributed by atoms with Crippen LogP contribution in [-0.4, -0.2) is 18.0 Å². The standard InChI is InChI=1S/C18H24N2O.ClH/c1-13(2)11-18(3,12-19)20-17(21)16-9-8-14-6-4-5-7-15(14)10-16;/h4-10,13H,11-12,19H2,1-3H3,(H,20,21);1H. The number of halogens is 1. The second kappa shape index (κ2) is 7.61. The van der Waals surface area contributed by atoms with Gasteiger partial charge in [-0.25, -0.2) is 0 Å². The lowest BCUT2D eigenvalue weighted by molar-refractivity contribution is 0.0898. The van der Waals surface area contributed by atoms with Crippen LogP contribution in [0.2, 0.25) is 0 Å². The number of nitrogens with one attached hydrogen (secondary N) is 1. The Kier molecular flexibility index (Phi) is 6.39. The highest BCUT2D eigenvalue weighted by atomic mass is 35.5. The van der Waals surface area contributed by atoms with E-state index in [9.17, 15) is 4.79 Å². The highest BCUT2D eigenvalue weighted by molar-refractivity contribution is 5.98. The van der Waals surface area contributed by atoms with E-state index in [1.165, 1.54) is 0 Å². The molecular weight excluding hydrogens is 296 g/mol. The topological polar surface area (TPSA) is 55.1 Å². The molecule has 120 valence electrons. The molecule has 0 heterocycles. The molecular formula is C18H25ClN2O. The maximum atomic E-state index is 12.5. The second-order valence-corrected chi connectivity index (χ2v) is 6.38. The average molecular weight is 321 g/mol. The van der Waals surface area contributed by atoms with Gasteiger partial charge in [0.25, 0.3) is 5.91 Å². The first kappa shape index (κ1) is 18.5. The van der Waals surface area contributed by atoms with E-state index < -0.39 is 0 Å². The van der Waals surface area contributed by atoms with Crippen LogP contribution in [0.25, 0.3) is 10.8 Å². The minimum absolute atomic E-state index is 0. The number of hydrogen-bond donors (Lipinski definition) is 2. The molecule has 3 N–H and O–H groups in total. The van der Waals surface area contributed by atoms with E-state index in [0.717, 1.165) is 17.2 Å². The van der Waals surface area contributed by atoms with Crippen LogP contribution >= 0.6 is 12.4 Å². The molecule has 0 spiro atoms. The van der Waals surface area contributed by atoms with E-state index in [4.69, 9.17) is 5.73 Å². The van der Waals surface area contributed by atoms with Crippen LogP contribution in [0, 0.1) is 5.92 Å². The first-order valence-electron chi connectivity index (χ1n) is 7.45. The predicted octanol–water partition coefficient (Wildman–Crippen LogP) is 3.75. The van der Waals surface area contributed by atoms with Gasteiger partial charge in [-0.2, -0.15) is 0 Å². The molecule has 0 bridgehead atoms. The van der Waals surface area contributed by atoms with Crippen molar-refractivity contribution in [1.29, 1.82) is 0 Å². The Bertz CT molecular complexity index is 642. The van der Waals surface area contributed by atoms with E-state index >= 15 is 0 Å². The Balaban J connectivity index is 0.00000242. The maximum Gasteiger partial charge on any atom is 0.251 e. The quantitative estimate of drug-likeness (QED) is 0.881. The molecule has 0 aromatic heterocycles. The van der Waals surface area contributed by atoms with E-state index in [2.05, 4.69) is 19.2 Å². The van der Waals surface area contributed by atoms with Gasteiger partial charge in [-0.15, -0.1) is 12.4 Å². The zero-order valence-corrected chi connectivity index (χ0v) is 14.2. The normalized spacial score (nSPS) is 13.5. The number of nitrogens with two attached hydrogens (primary N) is 1. The van der Waals surface area contributed by atoms with Crippen LogP contribution in [0.5, 0.6) is 0 Å². The van der Waals surface area contributed by atoms with Gasteiger partial charge in [0.1, 0.15) is 0 Å². The molecule has 0 fully saturated rings. The van der Waals surface area contributed by atoms with Gasteiger partial charge in [-0.05, 0) is 42.2 Å². The second-order valence-electron chi connectivity index (χ2n) is 6.38. The van der Waals surface area contributed by atoms with Gasteiger partial charge in [0, 0.05) is 17.6 Å². The van der Waals surface area contributed by atoms with Crippen molar-refractivity contribution in [3.63, 3.8) is 0 Å². The first-order chi connectivity index (χ1) is 9.93. The summed E-state index contributed by atoms with van der Waals surface area (Å²) in [7, 11) is 0. The molecule has 4 heteroatoms. The number of carbonyl (C=O) groups excluding carboxylic acids is 1. The zero-order valence-electron chi connectivity index (χ0n) is 13.4. The summed E-state index contributed by atoms with van der Waals surface area (Å²) >= 11 is 0. The fraction of sp³-hybridized carbons (Fsp3) is 0.389. The molecule has 2 aromatic carbocycles. The number of amides is 1.